The SMILES string of the molecule is CCc1noc(CN2CC[C@@H]3CC[C@@]32c2nnc(COC)o2)n1. The summed E-state index contributed by atoms with van der Waals surface area (Å²) in [7, 11) is 1.62. The second kappa shape index (κ2) is 5.68. The fourth-order valence-corrected chi connectivity index (χ4v) is 3.84. The van der Waals surface area contributed by atoms with Gasteiger partial charge in [-0.1, -0.05) is 12.1 Å². The third-order valence-electron chi connectivity index (χ3n) is 5.12. The van der Waals surface area contributed by atoms with E-state index in [2.05, 4.69) is 25.2 Å². The fourth-order valence-electron chi connectivity index (χ4n) is 3.84. The Balaban J connectivity index is 1.58. The van der Waals surface area contributed by atoms with Crippen LogP contribution in [0.4, 0.5) is 0 Å². The molecule has 1 saturated heterocycles. The van der Waals surface area contributed by atoms with E-state index in [4.69, 9.17) is 13.7 Å². The lowest BCUT2D eigenvalue weighted by Crippen LogP contribution is -2.51. The molecule has 0 bridgehead atoms. The van der Waals surface area contributed by atoms with Crippen molar-refractivity contribution < 1.29 is 13.7 Å². The summed E-state index contributed by atoms with van der Waals surface area (Å²) in [6, 6.07) is 0. The van der Waals surface area contributed by atoms with Gasteiger partial charge in [0.05, 0.1) is 6.54 Å². The minimum Gasteiger partial charge on any atom is -0.421 e. The summed E-state index contributed by atoms with van der Waals surface area (Å²) in [6.07, 6.45) is 4.14. The van der Waals surface area contributed by atoms with Crippen LogP contribution in [0.25, 0.3) is 0 Å². The molecular weight excluding hydrogens is 298 g/mol. The van der Waals surface area contributed by atoms with Crippen molar-refractivity contribution in [1.82, 2.24) is 25.2 Å². The third-order valence-corrected chi connectivity index (χ3v) is 5.12. The number of fused-ring (bicyclic) bond motifs is 1. The van der Waals surface area contributed by atoms with Crippen LogP contribution in [0, 0.1) is 5.92 Å². The normalized spacial score (nSPS) is 27.1. The van der Waals surface area contributed by atoms with Gasteiger partial charge in [-0.15, -0.1) is 10.2 Å². The van der Waals surface area contributed by atoms with Gasteiger partial charge in [-0.05, 0) is 25.2 Å². The van der Waals surface area contributed by atoms with Gasteiger partial charge in [0, 0.05) is 20.1 Å². The van der Waals surface area contributed by atoms with Gasteiger partial charge < -0.3 is 13.7 Å². The summed E-state index contributed by atoms with van der Waals surface area (Å²) in [5, 5.41) is 12.4. The summed E-state index contributed by atoms with van der Waals surface area (Å²) in [5.74, 6) is 3.20. The Labute approximate surface area is 134 Å². The second-order valence-electron chi connectivity index (χ2n) is 6.26. The number of hydrogen-bond donors (Lipinski definition) is 0. The Morgan fingerprint density at radius 1 is 1.30 bits per heavy atom. The van der Waals surface area contributed by atoms with Crippen molar-refractivity contribution in [2.75, 3.05) is 13.7 Å². The number of hydrogen-bond acceptors (Lipinski definition) is 8. The van der Waals surface area contributed by atoms with Crippen molar-refractivity contribution in [3.05, 3.63) is 23.5 Å². The number of aryl methyl sites for hydroxylation is 1. The highest BCUT2D eigenvalue weighted by Gasteiger charge is 2.59. The molecule has 8 nitrogen and oxygen atoms in total. The Morgan fingerprint density at radius 3 is 2.91 bits per heavy atom. The molecule has 2 fully saturated rings. The largest absolute Gasteiger partial charge is 0.421 e. The summed E-state index contributed by atoms with van der Waals surface area (Å²) in [5.41, 5.74) is -0.167. The lowest BCUT2D eigenvalue weighted by Gasteiger charge is -2.46. The maximum absolute atomic E-state index is 5.87. The first-order chi connectivity index (χ1) is 11.3. The maximum Gasteiger partial charge on any atom is 0.242 e. The van der Waals surface area contributed by atoms with Crippen LogP contribution in [-0.4, -0.2) is 38.9 Å². The summed E-state index contributed by atoms with van der Waals surface area (Å²) < 4.78 is 16.3. The van der Waals surface area contributed by atoms with Crippen LogP contribution in [0.1, 0.15) is 49.7 Å². The molecule has 0 N–H and O–H groups in total. The van der Waals surface area contributed by atoms with E-state index in [0.717, 1.165) is 31.6 Å². The standard InChI is InChI=1S/C15H21N5O3/c1-3-11-16-12(23-19-11)8-20-7-5-10-4-6-15(10,20)14-18-17-13(22-14)9-21-2/h10H,3-9H2,1-2H3/t10-,15-/m0/s1. The molecule has 0 radical (unpaired) electrons. The van der Waals surface area contributed by atoms with Crippen molar-refractivity contribution in [1.29, 1.82) is 0 Å². The zero-order valence-corrected chi connectivity index (χ0v) is 13.5. The van der Waals surface area contributed by atoms with E-state index < -0.39 is 0 Å². The van der Waals surface area contributed by atoms with E-state index in [9.17, 15) is 0 Å². The first-order valence-corrected chi connectivity index (χ1v) is 8.14. The van der Waals surface area contributed by atoms with Gasteiger partial charge in [0.2, 0.25) is 17.7 Å². The minimum absolute atomic E-state index is 0.167. The highest BCUT2D eigenvalue weighted by atomic mass is 16.5. The molecule has 3 heterocycles. The predicted molar refractivity (Wildman–Crippen MR) is 78.1 cm³/mol. The molecule has 0 aromatic carbocycles. The first kappa shape index (κ1) is 14.8. The lowest BCUT2D eigenvalue weighted by molar-refractivity contribution is -0.0221. The molecule has 2 aromatic heterocycles. The molecule has 0 unspecified atom stereocenters. The molecular formula is C15H21N5O3. The van der Waals surface area contributed by atoms with Crippen molar-refractivity contribution in [2.45, 2.75) is 51.3 Å². The second-order valence-corrected chi connectivity index (χ2v) is 6.26. The van der Waals surface area contributed by atoms with Crippen LogP contribution in [0.5, 0.6) is 0 Å². The molecule has 1 aliphatic carbocycles. The quantitative estimate of drug-likeness (QED) is 0.794. The van der Waals surface area contributed by atoms with E-state index in [1.54, 1.807) is 7.11 Å². The Bertz CT molecular complexity index is 684. The Kier molecular flexibility index (Phi) is 3.65. The first-order valence-electron chi connectivity index (χ1n) is 8.14. The molecule has 124 valence electrons. The predicted octanol–water partition coefficient (Wildman–Crippen LogP) is 1.67. The molecule has 0 amide bonds. The van der Waals surface area contributed by atoms with Gasteiger partial charge in [0.1, 0.15) is 12.1 Å². The van der Waals surface area contributed by atoms with Crippen molar-refractivity contribution >= 4 is 0 Å². The lowest BCUT2D eigenvalue weighted by atomic mass is 9.67. The molecule has 2 aliphatic rings. The van der Waals surface area contributed by atoms with Crippen LogP contribution in [0.15, 0.2) is 8.94 Å². The highest BCUT2D eigenvalue weighted by Crippen LogP contribution is 2.56. The minimum atomic E-state index is -0.167. The number of nitrogens with zero attached hydrogens (tertiary/aromatic N) is 5. The molecule has 2 atom stereocenters. The van der Waals surface area contributed by atoms with E-state index in [-0.39, 0.29) is 5.54 Å². The van der Waals surface area contributed by atoms with Crippen molar-refractivity contribution in [2.24, 2.45) is 5.92 Å². The van der Waals surface area contributed by atoms with Gasteiger partial charge in [-0.2, -0.15) is 4.98 Å². The van der Waals surface area contributed by atoms with Crippen LogP contribution in [0.2, 0.25) is 0 Å². The average Bonchev–Trinajstić information content (AvgIpc) is 3.21. The van der Waals surface area contributed by atoms with Crippen LogP contribution in [-0.2, 0) is 29.8 Å². The Morgan fingerprint density at radius 2 is 2.22 bits per heavy atom. The number of ether oxygens (including phenoxy) is 1. The van der Waals surface area contributed by atoms with E-state index in [1.165, 1.54) is 6.42 Å². The van der Waals surface area contributed by atoms with Gasteiger partial charge >= 0.3 is 0 Å². The smallest absolute Gasteiger partial charge is 0.242 e. The average molecular weight is 319 g/mol. The third kappa shape index (κ3) is 2.28. The molecule has 2 aromatic rings. The van der Waals surface area contributed by atoms with Crippen LogP contribution >= 0.6 is 0 Å². The van der Waals surface area contributed by atoms with E-state index >= 15 is 0 Å². The summed E-state index contributed by atoms with van der Waals surface area (Å²) in [6.45, 7) is 3.98. The number of methoxy groups -OCH3 is 1. The van der Waals surface area contributed by atoms with Crippen LogP contribution in [0.3, 0.4) is 0 Å². The number of aromatic nitrogens is 4. The van der Waals surface area contributed by atoms with Crippen LogP contribution < -0.4 is 0 Å². The molecule has 8 heteroatoms. The topological polar surface area (TPSA) is 90.3 Å². The fraction of sp³-hybridized carbons (Fsp3) is 0.733. The summed E-state index contributed by atoms with van der Waals surface area (Å²) in [4.78, 5) is 6.79. The maximum atomic E-state index is 5.87. The van der Waals surface area contributed by atoms with Crippen molar-refractivity contribution in [3.8, 4) is 0 Å². The molecule has 23 heavy (non-hydrogen) atoms. The monoisotopic (exact) mass is 319 g/mol. The molecule has 1 saturated carbocycles. The molecule has 0 spiro atoms. The molecule has 4 rings (SSSR count). The zero-order chi connectivity index (χ0) is 15.9. The summed E-state index contributed by atoms with van der Waals surface area (Å²) >= 11 is 0. The van der Waals surface area contributed by atoms with Gasteiger partial charge in [-0.3, -0.25) is 4.90 Å². The van der Waals surface area contributed by atoms with E-state index in [1.807, 2.05) is 6.92 Å². The number of rotatable bonds is 6. The van der Waals surface area contributed by atoms with Crippen molar-refractivity contribution in [3.63, 3.8) is 0 Å². The highest BCUT2D eigenvalue weighted by molar-refractivity contribution is 5.17. The van der Waals surface area contributed by atoms with Gasteiger partial charge in [0.15, 0.2) is 5.82 Å². The van der Waals surface area contributed by atoms with Gasteiger partial charge in [-0.25, -0.2) is 0 Å². The molecule has 1 aliphatic heterocycles. The Hall–Kier alpha value is -1.80. The zero-order valence-electron chi connectivity index (χ0n) is 13.5. The number of likely N-dealkylation sites (tertiary alicyclic amines) is 1. The van der Waals surface area contributed by atoms with E-state index in [0.29, 0.717) is 36.7 Å². The van der Waals surface area contributed by atoms with Gasteiger partial charge in [0.25, 0.3) is 0 Å².